The maximum Gasteiger partial charge on any atom is 0.332 e. The predicted molar refractivity (Wildman–Crippen MR) is 120 cm³/mol. The highest BCUT2D eigenvalue weighted by molar-refractivity contribution is 5.98. The van der Waals surface area contributed by atoms with Crippen LogP contribution in [0.15, 0.2) is 22.3 Å². The Bertz CT molecular complexity index is 728. The van der Waals surface area contributed by atoms with Gasteiger partial charge in [-0.2, -0.15) is 0 Å². The number of ether oxygens (including phenoxy) is 2. The van der Waals surface area contributed by atoms with Crippen LogP contribution in [0.3, 0.4) is 0 Å². The SMILES string of the molecule is CC(C(=O)O)=C(CCN1CCOCC1)C(=O)O.CC(C(=O)O)=C(CCN1CCOCC1)C(=O)O. The van der Waals surface area contributed by atoms with Gasteiger partial charge in [0.15, 0.2) is 0 Å². The third-order valence-corrected chi connectivity index (χ3v) is 5.63. The third-order valence-electron chi connectivity index (χ3n) is 5.63. The van der Waals surface area contributed by atoms with Crippen LogP contribution in [0, 0.1) is 0 Å². The lowest BCUT2D eigenvalue weighted by Gasteiger charge is -2.26. The smallest absolute Gasteiger partial charge is 0.332 e. The Morgan fingerprint density at radius 2 is 0.882 bits per heavy atom. The molecule has 2 aliphatic heterocycles. The van der Waals surface area contributed by atoms with E-state index in [1.807, 2.05) is 0 Å². The molecule has 0 saturated carbocycles. The maximum atomic E-state index is 11.0. The number of nitrogens with zero attached hydrogens (tertiary/aromatic N) is 2. The van der Waals surface area contributed by atoms with Gasteiger partial charge in [0, 0.05) is 61.6 Å². The molecule has 34 heavy (non-hydrogen) atoms. The van der Waals surface area contributed by atoms with E-state index in [4.69, 9.17) is 29.9 Å². The fourth-order valence-corrected chi connectivity index (χ4v) is 3.36. The van der Waals surface area contributed by atoms with Crippen LogP contribution in [-0.4, -0.2) is 120 Å². The van der Waals surface area contributed by atoms with Gasteiger partial charge in [-0.3, -0.25) is 9.80 Å². The molecule has 2 saturated heterocycles. The molecule has 0 spiro atoms. The van der Waals surface area contributed by atoms with Gasteiger partial charge in [0.1, 0.15) is 0 Å². The number of carboxylic acid groups (broad SMARTS) is 4. The summed E-state index contributed by atoms with van der Waals surface area (Å²) in [7, 11) is 0. The Labute approximate surface area is 198 Å². The van der Waals surface area contributed by atoms with E-state index in [9.17, 15) is 19.2 Å². The van der Waals surface area contributed by atoms with Gasteiger partial charge in [0.25, 0.3) is 0 Å². The fourth-order valence-electron chi connectivity index (χ4n) is 3.36. The normalized spacial score (nSPS) is 18.6. The molecule has 2 aliphatic rings. The van der Waals surface area contributed by atoms with Gasteiger partial charge in [-0.15, -0.1) is 0 Å². The van der Waals surface area contributed by atoms with Gasteiger partial charge in [-0.1, -0.05) is 0 Å². The summed E-state index contributed by atoms with van der Waals surface area (Å²) in [4.78, 5) is 47.5. The van der Waals surface area contributed by atoms with Crippen molar-refractivity contribution in [3.63, 3.8) is 0 Å². The third kappa shape index (κ3) is 10.4. The zero-order valence-corrected chi connectivity index (χ0v) is 19.6. The van der Waals surface area contributed by atoms with Crippen molar-refractivity contribution >= 4 is 23.9 Å². The molecule has 0 amide bonds. The first kappa shape index (κ1) is 29.2. The highest BCUT2D eigenvalue weighted by atomic mass is 16.5. The average molecular weight is 487 g/mol. The van der Waals surface area contributed by atoms with Crippen molar-refractivity contribution in [3.8, 4) is 0 Å². The maximum absolute atomic E-state index is 11.0. The highest BCUT2D eigenvalue weighted by Crippen LogP contribution is 2.12. The van der Waals surface area contributed by atoms with E-state index in [1.165, 1.54) is 13.8 Å². The molecule has 0 aromatic rings. The van der Waals surface area contributed by atoms with Crippen LogP contribution in [0.25, 0.3) is 0 Å². The molecule has 0 atom stereocenters. The minimum absolute atomic E-state index is 0.0241. The minimum Gasteiger partial charge on any atom is -0.478 e. The molecule has 0 aliphatic carbocycles. The van der Waals surface area contributed by atoms with Crippen LogP contribution in [0.4, 0.5) is 0 Å². The van der Waals surface area contributed by atoms with E-state index in [0.717, 1.165) is 26.2 Å². The number of morpholine rings is 2. The molecule has 12 nitrogen and oxygen atoms in total. The van der Waals surface area contributed by atoms with Crippen LogP contribution in [0.5, 0.6) is 0 Å². The lowest BCUT2D eigenvalue weighted by Crippen LogP contribution is -2.37. The molecular weight excluding hydrogens is 452 g/mol. The van der Waals surface area contributed by atoms with Gasteiger partial charge in [-0.25, -0.2) is 19.2 Å². The summed E-state index contributed by atoms with van der Waals surface area (Å²) in [5.74, 6) is -4.66. The van der Waals surface area contributed by atoms with Crippen LogP contribution >= 0.6 is 0 Å². The van der Waals surface area contributed by atoms with E-state index in [2.05, 4.69) is 9.80 Å². The molecular formula is C22H34N2O10. The fraction of sp³-hybridized carbons (Fsp3) is 0.636. The van der Waals surface area contributed by atoms with E-state index in [-0.39, 0.29) is 35.1 Å². The van der Waals surface area contributed by atoms with Crippen LogP contribution in [-0.2, 0) is 28.7 Å². The second-order valence-corrected chi connectivity index (χ2v) is 7.84. The number of rotatable bonds is 10. The van der Waals surface area contributed by atoms with Crippen molar-refractivity contribution < 1.29 is 49.1 Å². The minimum atomic E-state index is -1.18. The molecule has 0 aromatic heterocycles. The average Bonchev–Trinajstić information content (AvgIpc) is 2.80. The molecule has 2 heterocycles. The number of hydrogen-bond donors (Lipinski definition) is 4. The Morgan fingerprint density at radius 3 is 1.12 bits per heavy atom. The number of carbonyl (C=O) groups is 4. The van der Waals surface area contributed by atoms with Gasteiger partial charge in [0.2, 0.25) is 0 Å². The first-order chi connectivity index (χ1) is 16.0. The van der Waals surface area contributed by atoms with Gasteiger partial charge >= 0.3 is 23.9 Å². The van der Waals surface area contributed by atoms with Gasteiger partial charge < -0.3 is 29.9 Å². The molecule has 2 fully saturated rings. The van der Waals surface area contributed by atoms with E-state index in [0.29, 0.717) is 39.5 Å². The first-order valence-electron chi connectivity index (χ1n) is 11.0. The van der Waals surface area contributed by atoms with Crippen LogP contribution in [0.1, 0.15) is 26.7 Å². The number of hydrogen-bond acceptors (Lipinski definition) is 8. The number of carboxylic acids is 4. The summed E-state index contributed by atoms with van der Waals surface area (Å²) in [6, 6.07) is 0. The zero-order chi connectivity index (χ0) is 25.7. The highest BCUT2D eigenvalue weighted by Gasteiger charge is 2.19. The van der Waals surface area contributed by atoms with Crippen LogP contribution in [0.2, 0.25) is 0 Å². The van der Waals surface area contributed by atoms with Crippen molar-refractivity contribution in [1.29, 1.82) is 0 Å². The molecule has 0 radical (unpaired) electrons. The van der Waals surface area contributed by atoms with Crippen molar-refractivity contribution in [2.45, 2.75) is 26.7 Å². The van der Waals surface area contributed by atoms with E-state index < -0.39 is 23.9 Å². The summed E-state index contributed by atoms with van der Waals surface area (Å²) in [5.41, 5.74) is -0.232. The molecule has 12 heteroatoms. The van der Waals surface area contributed by atoms with Crippen molar-refractivity contribution in [2.75, 3.05) is 65.7 Å². The summed E-state index contributed by atoms with van der Waals surface area (Å²) in [6.45, 7) is 9.37. The first-order valence-corrected chi connectivity index (χ1v) is 11.0. The largest absolute Gasteiger partial charge is 0.478 e. The van der Waals surface area contributed by atoms with Crippen molar-refractivity contribution in [1.82, 2.24) is 9.80 Å². The van der Waals surface area contributed by atoms with Crippen LogP contribution < -0.4 is 0 Å². The second-order valence-electron chi connectivity index (χ2n) is 7.84. The van der Waals surface area contributed by atoms with Gasteiger partial charge in [0.05, 0.1) is 26.4 Å². The molecule has 0 bridgehead atoms. The predicted octanol–water partition coefficient (Wildman–Crippen LogP) is 0.389. The molecule has 0 aromatic carbocycles. The summed E-state index contributed by atoms with van der Waals surface area (Å²) >= 11 is 0. The topological polar surface area (TPSA) is 174 Å². The Balaban J connectivity index is 0.000000340. The van der Waals surface area contributed by atoms with Crippen molar-refractivity contribution in [3.05, 3.63) is 22.3 Å². The zero-order valence-electron chi connectivity index (χ0n) is 19.6. The standard InChI is InChI=1S/2C11H17NO5/c2*1-8(10(13)14)9(11(15)16)2-3-12-4-6-17-7-5-12/h2*2-7H2,1H3,(H,13,14)(H,15,16). The molecule has 192 valence electrons. The van der Waals surface area contributed by atoms with E-state index >= 15 is 0 Å². The lowest BCUT2D eigenvalue weighted by atomic mass is 10.1. The number of aliphatic carboxylic acids is 4. The molecule has 2 rings (SSSR count). The van der Waals surface area contributed by atoms with E-state index in [1.54, 1.807) is 0 Å². The second kappa shape index (κ2) is 15.2. The summed E-state index contributed by atoms with van der Waals surface area (Å²) in [5, 5.41) is 35.5. The Morgan fingerprint density at radius 1 is 0.588 bits per heavy atom. The quantitative estimate of drug-likeness (QED) is 0.313. The summed E-state index contributed by atoms with van der Waals surface area (Å²) in [6.07, 6.45) is 0.487. The molecule has 4 N–H and O–H groups in total. The lowest BCUT2D eigenvalue weighted by molar-refractivity contribution is -0.136. The Hall–Kier alpha value is -2.80. The van der Waals surface area contributed by atoms with Crippen molar-refractivity contribution in [2.24, 2.45) is 0 Å². The summed E-state index contributed by atoms with van der Waals surface area (Å²) < 4.78 is 10.4. The molecule has 0 unspecified atom stereocenters. The Kier molecular flexibility index (Phi) is 13.0. The van der Waals surface area contributed by atoms with Gasteiger partial charge in [-0.05, 0) is 26.7 Å². The monoisotopic (exact) mass is 486 g/mol.